The van der Waals surface area contributed by atoms with E-state index in [0.717, 1.165) is 5.56 Å². The maximum atomic E-state index is 13.0. The molecule has 2 aliphatic heterocycles. The van der Waals surface area contributed by atoms with Gasteiger partial charge in [-0.1, -0.05) is 0 Å². The van der Waals surface area contributed by atoms with E-state index in [2.05, 4.69) is 5.32 Å². The molecule has 2 aliphatic rings. The zero-order chi connectivity index (χ0) is 20.6. The number of phenols is 1. The lowest BCUT2D eigenvalue weighted by molar-refractivity contribution is -0.761. The molecular formula is C19H20N3O5S+. The molecule has 0 bridgehead atoms. The molecule has 2 heterocycles. The summed E-state index contributed by atoms with van der Waals surface area (Å²) in [6.07, 6.45) is 1.62. The first-order valence-corrected chi connectivity index (χ1v) is 10.5. The van der Waals surface area contributed by atoms with Crippen molar-refractivity contribution in [1.82, 2.24) is 0 Å². The number of hydrogen-bond donors (Lipinski definition) is 3. The summed E-state index contributed by atoms with van der Waals surface area (Å²) in [5.74, 6) is -1.44. The molecule has 8 nitrogen and oxygen atoms in total. The zero-order valence-electron chi connectivity index (χ0n) is 15.4. The van der Waals surface area contributed by atoms with Gasteiger partial charge >= 0.3 is 11.8 Å². The molecule has 1 unspecified atom stereocenters. The molecule has 1 fully saturated rings. The van der Waals surface area contributed by atoms with Crippen molar-refractivity contribution in [1.29, 1.82) is 5.26 Å². The summed E-state index contributed by atoms with van der Waals surface area (Å²) in [5, 5.41) is 21.9. The molecule has 0 radical (unpaired) electrons. The fourth-order valence-electron chi connectivity index (χ4n) is 3.52. The van der Waals surface area contributed by atoms with E-state index in [0.29, 0.717) is 5.69 Å². The van der Waals surface area contributed by atoms with Crippen LogP contribution in [0.25, 0.3) is 0 Å². The highest BCUT2D eigenvalue weighted by atomic mass is 32.2. The number of hydrogen-bond acceptors (Lipinski definition) is 7. The summed E-state index contributed by atoms with van der Waals surface area (Å²) >= 11 is 0. The van der Waals surface area contributed by atoms with Crippen molar-refractivity contribution in [2.24, 2.45) is 0 Å². The fourth-order valence-corrected chi connectivity index (χ4v) is 5.28. The topological polar surface area (TPSA) is 129 Å². The Bertz CT molecular complexity index is 1080. The van der Waals surface area contributed by atoms with Gasteiger partial charge in [0.2, 0.25) is 0 Å². The Balaban J connectivity index is 1.99. The van der Waals surface area contributed by atoms with Gasteiger partial charge in [0.25, 0.3) is 0 Å². The van der Waals surface area contributed by atoms with Gasteiger partial charge in [-0.15, -0.1) is 0 Å². The van der Waals surface area contributed by atoms with Crippen molar-refractivity contribution in [2.75, 3.05) is 16.8 Å². The number of rotatable bonds is 3. The van der Waals surface area contributed by atoms with Gasteiger partial charge in [-0.05, 0) is 43.2 Å². The average molecular weight is 402 g/mol. The van der Waals surface area contributed by atoms with E-state index in [1.807, 2.05) is 6.07 Å². The minimum atomic E-state index is -3.29. The van der Waals surface area contributed by atoms with Gasteiger partial charge < -0.3 is 10.4 Å². The van der Waals surface area contributed by atoms with Crippen LogP contribution < -0.4 is 10.2 Å². The van der Waals surface area contributed by atoms with Crippen LogP contribution in [0.2, 0.25) is 0 Å². The van der Waals surface area contributed by atoms with Crippen LogP contribution >= 0.6 is 0 Å². The molecule has 146 valence electrons. The number of imide groups is 1. The van der Waals surface area contributed by atoms with Crippen LogP contribution in [0.1, 0.15) is 18.9 Å². The number of carbonyl (C=O) groups is 2. The van der Waals surface area contributed by atoms with Crippen molar-refractivity contribution in [2.45, 2.75) is 26.3 Å². The van der Waals surface area contributed by atoms with Crippen molar-refractivity contribution in [3.8, 4) is 11.8 Å². The average Bonchev–Trinajstić information content (AvgIpc) is 2.96. The Morgan fingerprint density at radius 1 is 1.29 bits per heavy atom. The molecule has 2 amide bonds. The molecule has 0 aliphatic carbocycles. The number of sulfone groups is 1. The number of phenolic OH excluding ortho intramolecular Hbond substituents is 1. The van der Waals surface area contributed by atoms with Crippen LogP contribution in [-0.2, 0) is 19.4 Å². The number of aromatic hydroxyl groups is 1. The zero-order valence-corrected chi connectivity index (χ0v) is 16.3. The van der Waals surface area contributed by atoms with Crippen molar-refractivity contribution >= 4 is 27.3 Å². The van der Waals surface area contributed by atoms with Gasteiger partial charge in [0.1, 0.15) is 29.2 Å². The van der Waals surface area contributed by atoms with Crippen molar-refractivity contribution in [3.63, 3.8) is 0 Å². The number of aryl methyl sites for hydroxylation is 1. The van der Waals surface area contributed by atoms with Crippen LogP contribution in [-0.4, -0.2) is 42.9 Å². The maximum Gasteiger partial charge on any atom is 0.363 e. The summed E-state index contributed by atoms with van der Waals surface area (Å²) in [6.45, 7) is 3.30. The van der Waals surface area contributed by atoms with Crippen molar-refractivity contribution in [3.05, 3.63) is 46.7 Å². The SMILES string of the molecule is CC1=C(C#N)C(=O)[NH+]([C@@H]2CCS(=O)(=O)C2)C(=O)/C1=C/Nc1ccc(O)cc1C. The fraction of sp³-hybridized carbons (Fsp3) is 0.316. The Morgan fingerprint density at radius 2 is 2.00 bits per heavy atom. The van der Waals surface area contributed by atoms with E-state index in [4.69, 9.17) is 0 Å². The number of amides is 2. The predicted molar refractivity (Wildman–Crippen MR) is 101 cm³/mol. The first kappa shape index (κ1) is 19.8. The van der Waals surface area contributed by atoms with Gasteiger partial charge in [-0.3, -0.25) is 0 Å². The third-order valence-electron chi connectivity index (χ3n) is 5.07. The minimum Gasteiger partial charge on any atom is -0.508 e. The van der Waals surface area contributed by atoms with Gasteiger partial charge in [-0.2, -0.15) is 10.2 Å². The summed E-state index contributed by atoms with van der Waals surface area (Å²) in [5.41, 5.74) is 1.65. The van der Waals surface area contributed by atoms with Gasteiger partial charge in [0.15, 0.2) is 15.4 Å². The van der Waals surface area contributed by atoms with E-state index in [1.165, 1.54) is 19.2 Å². The summed E-state index contributed by atoms with van der Waals surface area (Å²) in [6, 6.07) is 5.84. The summed E-state index contributed by atoms with van der Waals surface area (Å²) < 4.78 is 23.6. The van der Waals surface area contributed by atoms with Crippen LogP contribution in [0.4, 0.5) is 5.69 Å². The highest BCUT2D eigenvalue weighted by Crippen LogP contribution is 2.23. The quantitative estimate of drug-likeness (QED) is 0.368. The molecule has 1 aromatic rings. The Kier molecular flexibility index (Phi) is 5.10. The molecule has 0 saturated carbocycles. The van der Waals surface area contributed by atoms with E-state index >= 15 is 0 Å². The Morgan fingerprint density at radius 3 is 2.57 bits per heavy atom. The van der Waals surface area contributed by atoms with Crippen LogP contribution in [0.5, 0.6) is 5.75 Å². The highest BCUT2D eigenvalue weighted by molar-refractivity contribution is 7.91. The van der Waals surface area contributed by atoms with Crippen molar-refractivity contribution < 1.29 is 28.0 Å². The van der Waals surface area contributed by atoms with E-state index in [-0.39, 0.29) is 45.3 Å². The van der Waals surface area contributed by atoms with Crippen LogP contribution in [0.15, 0.2) is 41.1 Å². The number of quaternary nitrogens is 1. The van der Waals surface area contributed by atoms with Gasteiger partial charge in [0, 0.05) is 18.3 Å². The number of anilines is 1. The number of benzene rings is 1. The van der Waals surface area contributed by atoms with E-state index in [1.54, 1.807) is 19.1 Å². The summed E-state index contributed by atoms with van der Waals surface area (Å²) in [7, 11) is -3.29. The second kappa shape index (κ2) is 7.22. The molecule has 9 heteroatoms. The Hall–Kier alpha value is -2.96. The third-order valence-corrected chi connectivity index (χ3v) is 6.84. The molecule has 0 spiro atoms. The van der Waals surface area contributed by atoms with Crippen LogP contribution in [0, 0.1) is 18.3 Å². The first-order valence-electron chi connectivity index (χ1n) is 8.69. The number of nitriles is 1. The second-order valence-electron chi connectivity index (χ2n) is 6.99. The lowest BCUT2D eigenvalue weighted by atomic mass is 9.94. The monoisotopic (exact) mass is 402 g/mol. The molecule has 1 saturated heterocycles. The molecule has 3 N–H and O–H groups in total. The van der Waals surface area contributed by atoms with Crippen LogP contribution in [0.3, 0.4) is 0 Å². The van der Waals surface area contributed by atoms with E-state index in [9.17, 15) is 28.4 Å². The molecular weight excluding hydrogens is 382 g/mol. The van der Waals surface area contributed by atoms with E-state index < -0.39 is 27.7 Å². The molecule has 2 atom stereocenters. The number of carbonyl (C=O) groups excluding carboxylic acids is 2. The molecule has 1 aromatic carbocycles. The smallest absolute Gasteiger partial charge is 0.363 e. The normalized spacial score (nSPS) is 25.8. The summed E-state index contributed by atoms with van der Waals surface area (Å²) in [4.78, 5) is 25.6. The standard InChI is InChI=1S/C19H19N3O5S/c1-11-7-14(23)3-4-17(11)21-9-16-12(2)15(8-20)18(24)22(19(16)25)13-5-6-28(26,27)10-13/h3-4,7,9,13,21,23H,5-6,10H2,1-2H3/p+1/b16-9+/t13-/m1/s1. The minimum absolute atomic E-state index is 0.0731. The molecule has 0 aromatic heterocycles. The number of nitrogens with zero attached hydrogens (tertiary/aromatic N) is 1. The predicted octanol–water partition coefficient (Wildman–Crippen LogP) is -0.0247. The lowest BCUT2D eigenvalue weighted by Gasteiger charge is -2.25. The maximum absolute atomic E-state index is 13.0. The number of nitrogens with one attached hydrogen (secondary N) is 2. The first-order chi connectivity index (χ1) is 13.1. The third kappa shape index (κ3) is 3.56. The van der Waals surface area contributed by atoms with Gasteiger partial charge in [-0.25, -0.2) is 18.0 Å². The highest BCUT2D eigenvalue weighted by Gasteiger charge is 2.48. The Labute approximate surface area is 162 Å². The lowest BCUT2D eigenvalue weighted by Crippen LogP contribution is -3.21. The largest absolute Gasteiger partial charge is 0.508 e. The second-order valence-corrected chi connectivity index (χ2v) is 9.21. The molecule has 28 heavy (non-hydrogen) atoms. The molecule has 3 rings (SSSR count). The van der Waals surface area contributed by atoms with Gasteiger partial charge in [0.05, 0.1) is 5.75 Å².